The summed E-state index contributed by atoms with van der Waals surface area (Å²) >= 11 is 0. The van der Waals surface area contributed by atoms with Crippen LogP contribution < -0.4 is 19.9 Å². The van der Waals surface area contributed by atoms with E-state index in [-0.39, 0.29) is 6.10 Å². The molecule has 1 aromatic rings. The molecule has 0 amide bonds. The van der Waals surface area contributed by atoms with Crippen molar-refractivity contribution in [3.63, 3.8) is 0 Å². The van der Waals surface area contributed by atoms with Gasteiger partial charge in [0, 0.05) is 23.2 Å². The molecule has 3 heterocycles. The Morgan fingerprint density at radius 3 is 2.92 bits per heavy atom. The highest BCUT2D eigenvalue weighted by molar-refractivity contribution is 5.69. The summed E-state index contributed by atoms with van der Waals surface area (Å²) in [6, 6.07) is 3.98. The predicted octanol–water partition coefficient (Wildman–Crippen LogP) is 1.52. The molecule has 5 heteroatoms. The lowest BCUT2D eigenvalue weighted by atomic mass is 9.91. The summed E-state index contributed by atoms with van der Waals surface area (Å²) in [5.41, 5.74) is 3.39. The van der Waals surface area contributed by atoms with Crippen LogP contribution in [0.5, 0.6) is 11.5 Å². The first-order valence-electron chi connectivity index (χ1n) is 8.12. The zero-order valence-electron chi connectivity index (χ0n) is 14.0. The zero-order valence-corrected chi connectivity index (χ0v) is 14.0. The maximum absolute atomic E-state index is 5.58. The van der Waals surface area contributed by atoms with E-state index in [1.807, 2.05) is 12.1 Å². The maximum atomic E-state index is 5.58. The van der Waals surface area contributed by atoms with Crippen LogP contribution in [0.25, 0.3) is 12.3 Å². The lowest BCUT2D eigenvalue weighted by Crippen LogP contribution is -2.35. The number of nitrogens with zero attached hydrogens (tertiary/aromatic N) is 1. The first-order valence-corrected chi connectivity index (χ1v) is 8.12. The monoisotopic (exact) mass is 335 g/mol. The number of hydrogen-bond acceptors (Lipinski definition) is 5. The molecule has 0 N–H and O–H groups in total. The van der Waals surface area contributed by atoms with Gasteiger partial charge in [-0.25, -0.2) is 0 Å². The molecule has 5 rings (SSSR count). The lowest BCUT2D eigenvalue weighted by molar-refractivity contribution is 0.0629. The summed E-state index contributed by atoms with van der Waals surface area (Å²) in [5, 5.41) is 2.10. The Balaban J connectivity index is 1.74. The third-order valence-corrected chi connectivity index (χ3v) is 4.83. The van der Waals surface area contributed by atoms with E-state index in [2.05, 4.69) is 41.6 Å². The quantitative estimate of drug-likeness (QED) is 0.819. The predicted molar refractivity (Wildman–Crippen MR) is 92.7 cm³/mol. The van der Waals surface area contributed by atoms with Crippen molar-refractivity contribution in [3.05, 3.63) is 69.6 Å². The molecule has 1 saturated heterocycles. The van der Waals surface area contributed by atoms with Crippen LogP contribution in [0.15, 0.2) is 59.2 Å². The van der Waals surface area contributed by atoms with Crippen molar-refractivity contribution in [1.29, 1.82) is 0 Å². The van der Waals surface area contributed by atoms with E-state index in [0.29, 0.717) is 6.79 Å². The molecule has 1 atom stereocenters. The number of allylic oxidation sites excluding steroid dienone is 5. The summed E-state index contributed by atoms with van der Waals surface area (Å²) in [7, 11) is 3.31. The second-order valence-electron chi connectivity index (χ2n) is 6.12. The van der Waals surface area contributed by atoms with Crippen LogP contribution in [-0.2, 0) is 9.47 Å². The lowest BCUT2D eigenvalue weighted by Gasteiger charge is -2.29. The molecule has 0 saturated carbocycles. The fourth-order valence-corrected chi connectivity index (χ4v) is 3.60. The van der Waals surface area contributed by atoms with E-state index < -0.39 is 0 Å². The molecule has 3 aliphatic heterocycles. The van der Waals surface area contributed by atoms with Gasteiger partial charge >= 0.3 is 0 Å². The largest absolute Gasteiger partial charge is 0.493 e. The van der Waals surface area contributed by atoms with Gasteiger partial charge in [0.2, 0.25) is 0 Å². The number of fused-ring (bicyclic) bond motifs is 4. The molecular formula is C20H17NO4. The number of hydrogen-bond donors (Lipinski definition) is 0. The third-order valence-electron chi connectivity index (χ3n) is 4.83. The van der Waals surface area contributed by atoms with Crippen molar-refractivity contribution in [2.24, 2.45) is 0 Å². The minimum Gasteiger partial charge on any atom is -0.493 e. The Morgan fingerprint density at radius 1 is 1.16 bits per heavy atom. The fraction of sp³-hybridized carbons (Fsp3) is 0.200. The van der Waals surface area contributed by atoms with Gasteiger partial charge in [-0.1, -0.05) is 6.07 Å². The number of rotatable bonds is 2. The molecule has 1 unspecified atom stereocenters. The second kappa shape index (κ2) is 5.29. The number of methoxy groups -OCH3 is 2. The van der Waals surface area contributed by atoms with E-state index >= 15 is 0 Å². The highest BCUT2D eigenvalue weighted by atomic mass is 16.7. The van der Waals surface area contributed by atoms with Crippen LogP contribution in [0.2, 0.25) is 0 Å². The van der Waals surface area contributed by atoms with E-state index in [9.17, 15) is 0 Å². The smallest absolute Gasteiger partial charge is 0.189 e. The summed E-state index contributed by atoms with van der Waals surface area (Å²) < 4.78 is 22.1. The standard InChI is InChI=1S/C20H17NO4/c1-22-17-4-3-12-7-16-14-9-19-18(24-11-25-19)8-13(14)5-6-21(16)10-15(12)20(17)23-2/h3-10,18H,11H2,1-2H3. The molecule has 0 aromatic heterocycles. The highest BCUT2D eigenvalue weighted by Gasteiger charge is 2.30. The molecule has 0 bridgehead atoms. The van der Waals surface area contributed by atoms with Gasteiger partial charge in [-0.05, 0) is 41.2 Å². The second-order valence-corrected chi connectivity index (χ2v) is 6.12. The Labute approximate surface area is 145 Å². The molecule has 126 valence electrons. The van der Waals surface area contributed by atoms with Gasteiger partial charge in [0.1, 0.15) is 11.9 Å². The van der Waals surface area contributed by atoms with Crippen molar-refractivity contribution in [1.82, 2.24) is 4.90 Å². The van der Waals surface area contributed by atoms with Crippen molar-refractivity contribution < 1.29 is 18.9 Å². The van der Waals surface area contributed by atoms with E-state index in [4.69, 9.17) is 18.9 Å². The minimum absolute atomic E-state index is 0.0697. The fourth-order valence-electron chi connectivity index (χ4n) is 3.60. The van der Waals surface area contributed by atoms with Gasteiger partial charge < -0.3 is 23.8 Å². The van der Waals surface area contributed by atoms with E-state index in [0.717, 1.165) is 44.5 Å². The van der Waals surface area contributed by atoms with E-state index in [1.165, 1.54) is 0 Å². The average molecular weight is 335 g/mol. The summed E-state index contributed by atoms with van der Waals surface area (Å²) in [4.78, 5) is 2.10. The first kappa shape index (κ1) is 14.4. The molecule has 0 spiro atoms. The maximum Gasteiger partial charge on any atom is 0.189 e. The van der Waals surface area contributed by atoms with Gasteiger partial charge in [-0.15, -0.1) is 0 Å². The third kappa shape index (κ3) is 2.06. The van der Waals surface area contributed by atoms with Crippen molar-refractivity contribution in [2.75, 3.05) is 21.0 Å². The Kier molecular flexibility index (Phi) is 3.05. The molecule has 4 aliphatic rings. The van der Waals surface area contributed by atoms with Crippen molar-refractivity contribution in [3.8, 4) is 11.5 Å². The summed E-state index contributed by atoms with van der Waals surface area (Å²) in [5.74, 6) is 2.33. The van der Waals surface area contributed by atoms with Crippen LogP contribution in [-0.4, -0.2) is 32.0 Å². The number of ether oxygens (including phenoxy) is 4. The van der Waals surface area contributed by atoms with Crippen LogP contribution in [0.4, 0.5) is 0 Å². The highest BCUT2D eigenvalue weighted by Crippen LogP contribution is 2.36. The van der Waals surface area contributed by atoms with Crippen LogP contribution >= 0.6 is 0 Å². The molecule has 1 fully saturated rings. The first-order chi connectivity index (χ1) is 12.3. The van der Waals surface area contributed by atoms with Crippen LogP contribution in [0, 0.1) is 0 Å². The minimum atomic E-state index is -0.0697. The summed E-state index contributed by atoms with van der Waals surface area (Å²) in [6.45, 7) is 0.311. The van der Waals surface area contributed by atoms with Crippen LogP contribution in [0.3, 0.4) is 0 Å². The normalized spacial score (nSPS) is 22.3. The molecule has 25 heavy (non-hydrogen) atoms. The van der Waals surface area contributed by atoms with Gasteiger partial charge in [0.15, 0.2) is 18.3 Å². The Bertz CT molecular complexity index is 1010. The van der Waals surface area contributed by atoms with Crippen LogP contribution in [0.1, 0.15) is 0 Å². The number of benzene rings is 1. The average Bonchev–Trinajstić information content (AvgIpc) is 3.11. The summed E-state index contributed by atoms with van der Waals surface area (Å²) in [6.07, 6.45) is 12.5. The zero-order chi connectivity index (χ0) is 17.0. The molecule has 0 radical (unpaired) electrons. The van der Waals surface area contributed by atoms with Gasteiger partial charge in [0.05, 0.1) is 19.9 Å². The van der Waals surface area contributed by atoms with Crippen molar-refractivity contribution >= 4 is 12.3 Å². The Morgan fingerprint density at radius 2 is 2.08 bits per heavy atom. The van der Waals surface area contributed by atoms with E-state index in [1.54, 1.807) is 14.2 Å². The molecule has 1 aliphatic carbocycles. The SMILES string of the molecule is COc1ccc2c(c1OC)=CN1C=CC3=CC4OCOC4=CC3=C1C=2. The van der Waals surface area contributed by atoms with Gasteiger partial charge in [0.25, 0.3) is 0 Å². The molecular weight excluding hydrogens is 318 g/mol. The van der Waals surface area contributed by atoms with Gasteiger partial charge in [-0.3, -0.25) is 0 Å². The Hall–Kier alpha value is -2.92. The topological polar surface area (TPSA) is 40.2 Å². The molecule has 1 aromatic carbocycles. The molecule has 5 nitrogen and oxygen atoms in total. The van der Waals surface area contributed by atoms with Gasteiger partial charge in [-0.2, -0.15) is 0 Å². The van der Waals surface area contributed by atoms with Crippen molar-refractivity contribution in [2.45, 2.75) is 6.10 Å².